The molecule has 1 aromatic rings. The van der Waals surface area contributed by atoms with E-state index in [-0.39, 0.29) is 18.4 Å². The molecule has 2 amide bonds. The minimum Gasteiger partial charge on any atom is -0.482 e. The standard InChI is InChI=1S/C13H17N3O3/c1-2-14-5-6-15-13(18)9-3-4-11-10(7-9)16-12(17)8-19-11/h3-4,7,14H,2,5-6,8H2,1H3,(H,15,18)(H,16,17). The topological polar surface area (TPSA) is 79.5 Å². The van der Waals surface area contributed by atoms with E-state index < -0.39 is 0 Å². The Labute approximate surface area is 111 Å². The van der Waals surface area contributed by atoms with E-state index in [1.54, 1.807) is 18.2 Å². The van der Waals surface area contributed by atoms with E-state index in [0.29, 0.717) is 23.5 Å². The fraction of sp³-hybridized carbons (Fsp3) is 0.385. The summed E-state index contributed by atoms with van der Waals surface area (Å²) < 4.78 is 5.23. The summed E-state index contributed by atoms with van der Waals surface area (Å²) >= 11 is 0. The summed E-state index contributed by atoms with van der Waals surface area (Å²) in [6, 6.07) is 4.99. The molecule has 0 unspecified atom stereocenters. The number of carbonyl (C=O) groups excluding carboxylic acids is 2. The number of ether oxygens (including phenoxy) is 1. The zero-order valence-electron chi connectivity index (χ0n) is 10.8. The molecule has 0 bridgehead atoms. The number of anilines is 1. The normalized spacial score (nSPS) is 13.2. The lowest BCUT2D eigenvalue weighted by Gasteiger charge is -2.18. The number of hydrogen-bond acceptors (Lipinski definition) is 4. The van der Waals surface area contributed by atoms with Gasteiger partial charge in [-0.25, -0.2) is 0 Å². The molecule has 102 valence electrons. The molecule has 0 fully saturated rings. The second-order valence-electron chi connectivity index (χ2n) is 4.16. The van der Waals surface area contributed by atoms with Crippen molar-refractivity contribution in [3.05, 3.63) is 23.8 Å². The van der Waals surface area contributed by atoms with Crippen LogP contribution in [0.2, 0.25) is 0 Å². The Hall–Kier alpha value is -2.08. The number of likely N-dealkylation sites (N-methyl/N-ethyl adjacent to an activating group) is 1. The fourth-order valence-corrected chi connectivity index (χ4v) is 1.77. The molecule has 1 aliphatic rings. The van der Waals surface area contributed by atoms with Gasteiger partial charge in [-0.2, -0.15) is 0 Å². The van der Waals surface area contributed by atoms with Crippen LogP contribution in [0.5, 0.6) is 5.75 Å². The van der Waals surface area contributed by atoms with E-state index in [4.69, 9.17) is 4.74 Å². The lowest BCUT2D eigenvalue weighted by molar-refractivity contribution is -0.118. The Bertz CT molecular complexity index is 488. The average molecular weight is 263 g/mol. The Balaban J connectivity index is 1.99. The van der Waals surface area contributed by atoms with Crippen molar-refractivity contribution in [1.29, 1.82) is 0 Å². The molecule has 19 heavy (non-hydrogen) atoms. The lowest BCUT2D eigenvalue weighted by atomic mass is 10.1. The zero-order valence-corrected chi connectivity index (χ0v) is 10.8. The number of benzene rings is 1. The van der Waals surface area contributed by atoms with Crippen molar-refractivity contribution in [1.82, 2.24) is 10.6 Å². The molecule has 0 atom stereocenters. The first-order chi connectivity index (χ1) is 9.20. The number of hydrogen-bond donors (Lipinski definition) is 3. The second kappa shape index (κ2) is 6.19. The molecule has 0 aromatic heterocycles. The average Bonchev–Trinajstić information content (AvgIpc) is 2.42. The summed E-state index contributed by atoms with van der Waals surface area (Å²) in [6.45, 7) is 4.19. The van der Waals surface area contributed by atoms with Crippen LogP contribution in [0.25, 0.3) is 0 Å². The minimum absolute atomic E-state index is 0.0151. The SMILES string of the molecule is CCNCCNC(=O)c1ccc2c(c1)NC(=O)CO2. The molecular formula is C13H17N3O3. The monoisotopic (exact) mass is 263 g/mol. The molecule has 0 aliphatic carbocycles. The third-order valence-electron chi connectivity index (χ3n) is 2.71. The van der Waals surface area contributed by atoms with Gasteiger partial charge >= 0.3 is 0 Å². The summed E-state index contributed by atoms with van der Waals surface area (Å²) in [7, 11) is 0. The van der Waals surface area contributed by atoms with E-state index in [2.05, 4.69) is 16.0 Å². The van der Waals surface area contributed by atoms with Crippen molar-refractivity contribution < 1.29 is 14.3 Å². The highest BCUT2D eigenvalue weighted by Gasteiger charge is 2.17. The van der Waals surface area contributed by atoms with Gasteiger partial charge in [0.2, 0.25) is 0 Å². The van der Waals surface area contributed by atoms with E-state index in [1.807, 2.05) is 6.92 Å². The second-order valence-corrected chi connectivity index (χ2v) is 4.16. The van der Waals surface area contributed by atoms with Gasteiger partial charge < -0.3 is 20.7 Å². The smallest absolute Gasteiger partial charge is 0.262 e. The van der Waals surface area contributed by atoms with Gasteiger partial charge in [0.15, 0.2) is 6.61 Å². The molecule has 1 aromatic carbocycles. The first-order valence-electron chi connectivity index (χ1n) is 6.26. The summed E-state index contributed by atoms with van der Waals surface area (Å²) in [5, 5.41) is 8.59. The van der Waals surface area contributed by atoms with Crippen LogP contribution in [0, 0.1) is 0 Å². The molecule has 2 rings (SSSR count). The van der Waals surface area contributed by atoms with Crippen LogP contribution in [0.4, 0.5) is 5.69 Å². The maximum Gasteiger partial charge on any atom is 0.262 e. The quantitative estimate of drug-likeness (QED) is 0.670. The van der Waals surface area contributed by atoms with Gasteiger partial charge in [-0.15, -0.1) is 0 Å². The number of amides is 2. The summed E-state index contributed by atoms with van der Waals surface area (Å²) in [6.07, 6.45) is 0. The summed E-state index contributed by atoms with van der Waals surface area (Å²) in [4.78, 5) is 23.1. The van der Waals surface area contributed by atoms with Crippen LogP contribution >= 0.6 is 0 Å². The van der Waals surface area contributed by atoms with Crippen molar-refractivity contribution >= 4 is 17.5 Å². The largest absolute Gasteiger partial charge is 0.482 e. The summed E-state index contributed by atoms with van der Waals surface area (Å²) in [5.41, 5.74) is 1.04. The fourth-order valence-electron chi connectivity index (χ4n) is 1.77. The first-order valence-corrected chi connectivity index (χ1v) is 6.26. The maximum atomic E-state index is 11.9. The van der Waals surface area contributed by atoms with Gasteiger partial charge in [-0.1, -0.05) is 6.92 Å². The molecule has 0 spiro atoms. The third kappa shape index (κ3) is 3.45. The van der Waals surface area contributed by atoms with Crippen molar-refractivity contribution in [2.75, 3.05) is 31.6 Å². The minimum atomic E-state index is -0.211. The van der Waals surface area contributed by atoms with Gasteiger partial charge in [-0.3, -0.25) is 9.59 Å². The molecular weight excluding hydrogens is 246 g/mol. The Morgan fingerprint density at radius 3 is 3.05 bits per heavy atom. The van der Waals surface area contributed by atoms with Gasteiger partial charge in [0, 0.05) is 18.7 Å². The highest BCUT2D eigenvalue weighted by atomic mass is 16.5. The zero-order chi connectivity index (χ0) is 13.7. The van der Waals surface area contributed by atoms with E-state index >= 15 is 0 Å². The van der Waals surface area contributed by atoms with Crippen molar-refractivity contribution in [3.8, 4) is 5.75 Å². The third-order valence-corrected chi connectivity index (χ3v) is 2.71. The van der Waals surface area contributed by atoms with Crippen LogP contribution in [-0.4, -0.2) is 38.1 Å². The van der Waals surface area contributed by atoms with Crippen LogP contribution in [-0.2, 0) is 4.79 Å². The van der Waals surface area contributed by atoms with Crippen LogP contribution in [0.15, 0.2) is 18.2 Å². The van der Waals surface area contributed by atoms with E-state index in [0.717, 1.165) is 13.1 Å². The van der Waals surface area contributed by atoms with Crippen LogP contribution < -0.4 is 20.7 Å². The highest BCUT2D eigenvalue weighted by molar-refractivity contribution is 5.99. The molecule has 0 radical (unpaired) electrons. The lowest BCUT2D eigenvalue weighted by Crippen LogP contribution is -2.32. The molecule has 3 N–H and O–H groups in total. The van der Waals surface area contributed by atoms with Gasteiger partial charge in [-0.05, 0) is 24.7 Å². The molecule has 1 aliphatic heterocycles. The van der Waals surface area contributed by atoms with Crippen molar-refractivity contribution in [2.24, 2.45) is 0 Å². The molecule has 0 saturated heterocycles. The molecule has 6 heteroatoms. The molecule has 0 saturated carbocycles. The Morgan fingerprint density at radius 1 is 1.42 bits per heavy atom. The number of carbonyl (C=O) groups is 2. The Kier molecular flexibility index (Phi) is 4.35. The highest BCUT2D eigenvalue weighted by Crippen LogP contribution is 2.28. The molecule has 1 heterocycles. The predicted molar refractivity (Wildman–Crippen MR) is 71.4 cm³/mol. The van der Waals surface area contributed by atoms with Crippen molar-refractivity contribution in [2.45, 2.75) is 6.92 Å². The molecule has 6 nitrogen and oxygen atoms in total. The van der Waals surface area contributed by atoms with Crippen molar-refractivity contribution in [3.63, 3.8) is 0 Å². The maximum absolute atomic E-state index is 11.9. The number of nitrogens with one attached hydrogen (secondary N) is 3. The number of fused-ring (bicyclic) bond motifs is 1. The van der Waals surface area contributed by atoms with E-state index in [9.17, 15) is 9.59 Å². The predicted octanol–water partition coefficient (Wildman–Crippen LogP) is 0.357. The number of rotatable bonds is 5. The van der Waals surface area contributed by atoms with Crippen LogP contribution in [0.3, 0.4) is 0 Å². The van der Waals surface area contributed by atoms with Gasteiger partial charge in [0.1, 0.15) is 5.75 Å². The van der Waals surface area contributed by atoms with Crippen LogP contribution in [0.1, 0.15) is 17.3 Å². The van der Waals surface area contributed by atoms with Gasteiger partial charge in [0.05, 0.1) is 5.69 Å². The summed E-state index contributed by atoms with van der Waals surface area (Å²) in [5.74, 6) is 0.210. The van der Waals surface area contributed by atoms with Gasteiger partial charge in [0.25, 0.3) is 11.8 Å². The Morgan fingerprint density at radius 2 is 2.26 bits per heavy atom. The first kappa shape index (κ1) is 13.4. The van der Waals surface area contributed by atoms with E-state index in [1.165, 1.54) is 0 Å².